The van der Waals surface area contributed by atoms with Crippen LogP contribution < -0.4 is 9.80 Å². The van der Waals surface area contributed by atoms with E-state index in [1.807, 2.05) is 48.2 Å². The summed E-state index contributed by atoms with van der Waals surface area (Å²) in [6, 6.07) is 13.6. The number of hydrogen-bond acceptors (Lipinski definition) is 3. The molecule has 0 unspecified atom stereocenters. The summed E-state index contributed by atoms with van der Waals surface area (Å²) in [5.74, 6) is 1.07. The van der Waals surface area contributed by atoms with E-state index in [1.165, 1.54) is 0 Å². The van der Waals surface area contributed by atoms with Crippen molar-refractivity contribution in [2.24, 2.45) is 5.92 Å². The van der Waals surface area contributed by atoms with Gasteiger partial charge in [0.25, 0.3) is 0 Å². The highest BCUT2D eigenvalue weighted by atomic mass is 35.5. The number of halogens is 2. The van der Waals surface area contributed by atoms with Crippen molar-refractivity contribution < 1.29 is 4.79 Å². The van der Waals surface area contributed by atoms with Gasteiger partial charge in [-0.1, -0.05) is 29.3 Å². The van der Waals surface area contributed by atoms with E-state index in [1.54, 1.807) is 0 Å². The Balaban J connectivity index is 1.38. The Morgan fingerprint density at radius 1 is 1.06 bits per heavy atom. The number of rotatable bonds is 2. The highest BCUT2D eigenvalue weighted by Gasteiger charge is 2.33. The van der Waals surface area contributed by atoms with E-state index < -0.39 is 0 Å². The quantitative estimate of drug-likeness (QED) is 0.556. The molecule has 2 aromatic carbocycles. The van der Waals surface area contributed by atoms with E-state index in [0.29, 0.717) is 11.6 Å². The fraction of sp³-hybridized carbons (Fsp3) is 0.333. The molecule has 0 radical (unpaired) electrons. The van der Waals surface area contributed by atoms with Crippen molar-refractivity contribution in [1.82, 2.24) is 9.97 Å². The number of carbonyl (C=O) groups is 1. The molecule has 5 nitrogen and oxygen atoms in total. The number of hydrogen-bond donors (Lipinski definition) is 1. The fourth-order valence-corrected chi connectivity index (χ4v) is 5.09. The average molecular weight is 455 g/mol. The first-order valence-electron chi connectivity index (χ1n) is 10.7. The van der Waals surface area contributed by atoms with Gasteiger partial charge in [0.15, 0.2) is 0 Å². The predicted molar refractivity (Wildman–Crippen MR) is 126 cm³/mol. The van der Waals surface area contributed by atoms with Gasteiger partial charge in [0, 0.05) is 59.0 Å². The molecule has 0 atom stereocenters. The van der Waals surface area contributed by atoms with Crippen LogP contribution in [0.5, 0.6) is 0 Å². The monoisotopic (exact) mass is 454 g/mol. The van der Waals surface area contributed by atoms with Crippen LogP contribution >= 0.6 is 23.2 Å². The van der Waals surface area contributed by atoms with Crippen LogP contribution in [-0.4, -0.2) is 35.5 Å². The Morgan fingerprint density at radius 2 is 1.84 bits per heavy atom. The molecule has 1 N–H and O–H groups in total. The van der Waals surface area contributed by atoms with E-state index in [0.717, 1.165) is 71.5 Å². The molecule has 3 aromatic rings. The summed E-state index contributed by atoms with van der Waals surface area (Å²) in [4.78, 5) is 25.9. The minimum Gasteiger partial charge on any atom is -0.371 e. The second-order valence-corrected chi connectivity index (χ2v) is 9.16. The first-order valence-corrected chi connectivity index (χ1v) is 11.4. The Hall–Kier alpha value is -2.50. The number of fused-ring (bicyclic) bond motifs is 3. The van der Waals surface area contributed by atoms with Gasteiger partial charge in [-0.3, -0.25) is 4.79 Å². The van der Waals surface area contributed by atoms with Crippen molar-refractivity contribution in [3.8, 4) is 11.3 Å². The Kier molecular flexibility index (Phi) is 5.40. The number of nitrogens with zero attached hydrogens (tertiary/aromatic N) is 3. The first-order chi connectivity index (χ1) is 15.0. The number of nitrogens with one attached hydrogen (secondary N) is 1. The van der Waals surface area contributed by atoms with E-state index in [-0.39, 0.29) is 11.8 Å². The lowest BCUT2D eigenvalue weighted by Crippen LogP contribution is -2.43. The molecule has 1 saturated heterocycles. The lowest BCUT2D eigenvalue weighted by atomic mass is 9.94. The molecule has 1 aromatic heterocycles. The summed E-state index contributed by atoms with van der Waals surface area (Å²) in [6.45, 7) is 4.28. The molecular formula is C24H24Cl2N4O. The largest absolute Gasteiger partial charge is 0.371 e. The van der Waals surface area contributed by atoms with E-state index in [2.05, 4.69) is 20.9 Å². The highest BCUT2D eigenvalue weighted by molar-refractivity contribution is 6.31. The van der Waals surface area contributed by atoms with Gasteiger partial charge in [-0.2, -0.15) is 0 Å². The van der Waals surface area contributed by atoms with Crippen LogP contribution in [0.25, 0.3) is 11.3 Å². The number of anilines is 2. The number of benzene rings is 2. The zero-order chi connectivity index (χ0) is 21.5. The molecule has 2 aliphatic rings. The van der Waals surface area contributed by atoms with Gasteiger partial charge in [-0.25, -0.2) is 4.98 Å². The maximum absolute atomic E-state index is 13.6. The summed E-state index contributed by atoms with van der Waals surface area (Å²) in [6.07, 6.45) is 2.40. The van der Waals surface area contributed by atoms with Crippen molar-refractivity contribution in [2.45, 2.75) is 26.2 Å². The molecule has 1 fully saturated rings. The molecule has 0 spiro atoms. The molecular weight excluding hydrogens is 431 g/mol. The number of piperidine rings is 1. The van der Waals surface area contributed by atoms with E-state index in [9.17, 15) is 4.79 Å². The average Bonchev–Trinajstić information content (AvgIpc) is 3.08. The molecule has 0 bridgehead atoms. The molecule has 0 aliphatic carbocycles. The zero-order valence-electron chi connectivity index (χ0n) is 17.4. The molecule has 31 heavy (non-hydrogen) atoms. The second kappa shape index (κ2) is 8.21. The van der Waals surface area contributed by atoms with E-state index in [4.69, 9.17) is 23.2 Å². The zero-order valence-corrected chi connectivity index (χ0v) is 18.9. The van der Waals surface area contributed by atoms with Gasteiger partial charge < -0.3 is 14.8 Å². The van der Waals surface area contributed by atoms with Crippen molar-refractivity contribution in [1.29, 1.82) is 0 Å². The maximum atomic E-state index is 13.6. The SMILES string of the molecule is Cc1nc2c([nH]1)CCN(C(=O)C1CCN(c3cccc(Cl)c3)CC1)c1ccc(Cl)cc1-2. The predicted octanol–water partition coefficient (Wildman–Crippen LogP) is 5.50. The van der Waals surface area contributed by atoms with Crippen LogP contribution in [0, 0.1) is 12.8 Å². The summed E-state index contributed by atoms with van der Waals surface area (Å²) in [5.41, 5.74) is 4.91. The Bertz CT molecular complexity index is 1130. The number of amides is 1. The third kappa shape index (κ3) is 3.92. The van der Waals surface area contributed by atoms with Gasteiger partial charge in [0.1, 0.15) is 5.82 Å². The van der Waals surface area contributed by atoms with Gasteiger partial charge in [0.05, 0.1) is 11.4 Å². The number of H-pyrrole nitrogens is 1. The Labute approximate surface area is 192 Å². The lowest BCUT2D eigenvalue weighted by Gasteiger charge is -2.35. The molecule has 1 amide bonds. The summed E-state index contributed by atoms with van der Waals surface area (Å²) < 4.78 is 0. The third-order valence-electron chi connectivity index (χ3n) is 6.27. The molecule has 5 rings (SSSR count). The van der Waals surface area contributed by atoms with Gasteiger partial charge in [-0.05, 0) is 56.2 Å². The fourth-order valence-electron chi connectivity index (χ4n) is 4.73. The van der Waals surface area contributed by atoms with Gasteiger partial charge in [-0.15, -0.1) is 0 Å². The number of aromatic nitrogens is 2. The highest BCUT2D eigenvalue weighted by Crippen LogP contribution is 2.38. The summed E-state index contributed by atoms with van der Waals surface area (Å²) in [5, 5.41) is 1.39. The van der Waals surface area contributed by atoms with Crippen LogP contribution in [0.15, 0.2) is 42.5 Å². The Morgan fingerprint density at radius 3 is 2.61 bits per heavy atom. The topological polar surface area (TPSA) is 52.2 Å². The second-order valence-electron chi connectivity index (χ2n) is 8.29. The van der Waals surface area contributed by atoms with Crippen molar-refractivity contribution in [3.63, 3.8) is 0 Å². The van der Waals surface area contributed by atoms with Gasteiger partial charge >= 0.3 is 0 Å². The molecule has 160 valence electrons. The van der Waals surface area contributed by atoms with E-state index >= 15 is 0 Å². The summed E-state index contributed by atoms with van der Waals surface area (Å²) >= 11 is 12.5. The molecule has 2 aliphatic heterocycles. The van der Waals surface area contributed by atoms with Crippen molar-refractivity contribution in [2.75, 3.05) is 29.4 Å². The number of aryl methyl sites for hydroxylation is 1. The molecule has 3 heterocycles. The first kappa shape index (κ1) is 20.4. The van der Waals surface area contributed by atoms with Crippen LogP contribution in [0.1, 0.15) is 24.4 Å². The normalized spacial score (nSPS) is 16.6. The minimum atomic E-state index is 0.00472. The maximum Gasteiger partial charge on any atom is 0.230 e. The lowest BCUT2D eigenvalue weighted by molar-refractivity contribution is -0.123. The number of imidazole rings is 1. The standard InChI is InChI=1S/C24H24Cl2N4O/c1-15-27-21-9-12-30(22-6-5-18(26)14-20(22)23(21)28-15)24(31)16-7-10-29(11-8-16)19-4-2-3-17(25)13-19/h2-6,13-14,16H,7-12H2,1H3,(H,27,28). The van der Waals surface area contributed by atoms with Crippen LogP contribution in [0.3, 0.4) is 0 Å². The molecule has 0 saturated carbocycles. The van der Waals surface area contributed by atoms with Crippen molar-refractivity contribution in [3.05, 3.63) is 64.0 Å². The van der Waals surface area contributed by atoms with Crippen LogP contribution in [0.4, 0.5) is 11.4 Å². The number of aromatic amines is 1. The van der Waals surface area contributed by atoms with Crippen LogP contribution in [-0.2, 0) is 11.2 Å². The third-order valence-corrected chi connectivity index (χ3v) is 6.74. The minimum absolute atomic E-state index is 0.00472. The number of carbonyl (C=O) groups excluding carboxylic acids is 1. The summed E-state index contributed by atoms with van der Waals surface area (Å²) in [7, 11) is 0. The van der Waals surface area contributed by atoms with Crippen molar-refractivity contribution >= 4 is 40.5 Å². The molecule has 7 heteroatoms. The van der Waals surface area contributed by atoms with Crippen LogP contribution in [0.2, 0.25) is 10.0 Å². The van der Waals surface area contributed by atoms with Gasteiger partial charge in [0.2, 0.25) is 5.91 Å². The smallest absolute Gasteiger partial charge is 0.230 e.